The number of carbonyl (C=O) groups excluding carboxylic acids is 1. The largest absolute Gasteiger partial charge is 0.368 e. The van der Waals surface area contributed by atoms with Crippen molar-refractivity contribution in [3.05, 3.63) is 5.01 Å². The van der Waals surface area contributed by atoms with Crippen molar-refractivity contribution in [2.75, 3.05) is 11.9 Å². The molecule has 1 aromatic heterocycles. The molecular weight excluding hydrogens is 238 g/mol. The predicted molar refractivity (Wildman–Crippen MR) is 66.1 cm³/mol. The van der Waals surface area contributed by atoms with Crippen LogP contribution in [-0.2, 0) is 16.0 Å². The second-order valence-electron chi connectivity index (χ2n) is 4.59. The van der Waals surface area contributed by atoms with Crippen LogP contribution in [0, 0.1) is 5.92 Å². The number of carbonyl (C=O) groups is 1. The van der Waals surface area contributed by atoms with Crippen molar-refractivity contribution in [3.63, 3.8) is 0 Å². The fourth-order valence-electron chi connectivity index (χ4n) is 1.71. The molecule has 17 heavy (non-hydrogen) atoms. The van der Waals surface area contributed by atoms with Gasteiger partial charge in [0.2, 0.25) is 5.13 Å². The molecule has 2 heterocycles. The first kappa shape index (κ1) is 12.4. The van der Waals surface area contributed by atoms with Gasteiger partial charge in [0.05, 0.1) is 0 Å². The smallest absolute Gasteiger partial charge is 0.255 e. The molecule has 94 valence electrons. The minimum Gasteiger partial charge on any atom is -0.368 e. The summed E-state index contributed by atoms with van der Waals surface area (Å²) in [5.41, 5.74) is 0. The van der Waals surface area contributed by atoms with Crippen molar-refractivity contribution in [1.29, 1.82) is 0 Å². The molecule has 1 fully saturated rings. The van der Waals surface area contributed by atoms with Gasteiger partial charge in [0.1, 0.15) is 11.1 Å². The van der Waals surface area contributed by atoms with Crippen LogP contribution in [0.1, 0.15) is 31.7 Å². The molecule has 6 heteroatoms. The van der Waals surface area contributed by atoms with Crippen LogP contribution in [0.2, 0.25) is 0 Å². The molecule has 0 unspecified atom stereocenters. The summed E-state index contributed by atoms with van der Waals surface area (Å²) >= 11 is 1.44. The Morgan fingerprint density at radius 1 is 1.59 bits per heavy atom. The van der Waals surface area contributed by atoms with E-state index in [9.17, 15) is 4.79 Å². The van der Waals surface area contributed by atoms with Crippen molar-refractivity contribution < 1.29 is 9.53 Å². The van der Waals surface area contributed by atoms with E-state index in [2.05, 4.69) is 29.4 Å². The Morgan fingerprint density at radius 3 is 3.06 bits per heavy atom. The van der Waals surface area contributed by atoms with E-state index in [-0.39, 0.29) is 12.0 Å². The van der Waals surface area contributed by atoms with Crippen LogP contribution in [0.15, 0.2) is 0 Å². The van der Waals surface area contributed by atoms with E-state index < -0.39 is 0 Å². The minimum absolute atomic E-state index is 0.102. The third kappa shape index (κ3) is 3.47. The second-order valence-corrected chi connectivity index (χ2v) is 5.65. The summed E-state index contributed by atoms with van der Waals surface area (Å²) in [6, 6.07) is 0. The van der Waals surface area contributed by atoms with Crippen LogP contribution < -0.4 is 5.32 Å². The van der Waals surface area contributed by atoms with Gasteiger partial charge in [0.25, 0.3) is 5.91 Å². The SMILES string of the molecule is CC(C)Cc1nnc(NC(=O)[C@H]2CCCO2)s1. The molecule has 1 amide bonds. The van der Waals surface area contributed by atoms with Gasteiger partial charge in [-0.3, -0.25) is 10.1 Å². The van der Waals surface area contributed by atoms with Gasteiger partial charge in [0.15, 0.2) is 0 Å². The first-order valence-corrected chi connectivity index (χ1v) is 6.71. The molecule has 5 nitrogen and oxygen atoms in total. The number of hydrogen-bond donors (Lipinski definition) is 1. The lowest BCUT2D eigenvalue weighted by atomic mass is 10.1. The van der Waals surface area contributed by atoms with Crippen LogP contribution >= 0.6 is 11.3 Å². The van der Waals surface area contributed by atoms with Gasteiger partial charge in [0, 0.05) is 13.0 Å². The number of ether oxygens (including phenoxy) is 1. The van der Waals surface area contributed by atoms with E-state index in [1.54, 1.807) is 0 Å². The zero-order valence-electron chi connectivity index (χ0n) is 10.1. The third-order valence-electron chi connectivity index (χ3n) is 2.50. The number of hydrogen-bond acceptors (Lipinski definition) is 5. The molecule has 0 radical (unpaired) electrons. The molecule has 1 aliphatic heterocycles. The molecule has 0 saturated carbocycles. The topological polar surface area (TPSA) is 64.1 Å². The number of nitrogens with one attached hydrogen (secondary N) is 1. The van der Waals surface area contributed by atoms with Crippen LogP contribution in [0.5, 0.6) is 0 Å². The molecular formula is C11H17N3O2S. The fourth-order valence-corrected chi connectivity index (χ4v) is 2.66. The zero-order chi connectivity index (χ0) is 12.3. The summed E-state index contributed by atoms with van der Waals surface area (Å²) in [5.74, 6) is 0.444. The highest BCUT2D eigenvalue weighted by atomic mass is 32.1. The summed E-state index contributed by atoms with van der Waals surface area (Å²) in [6.45, 7) is 4.94. The highest BCUT2D eigenvalue weighted by Crippen LogP contribution is 2.20. The van der Waals surface area contributed by atoms with Crippen LogP contribution in [0.25, 0.3) is 0 Å². The van der Waals surface area contributed by atoms with Crippen molar-refractivity contribution in [2.24, 2.45) is 5.92 Å². The van der Waals surface area contributed by atoms with Gasteiger partial charge < -0.3 is 4.74 Å². The molecule has 0 aliphatic carbocycles. The lowest BCUT2D eigenvalue weighted by Gasteiger charge is -2.07. The van der Waals surface area contributed by atoms with Crippen molar-refractivity contribution in [3.8, 4) is 0 Å². The molecule has 1 saturated heterocycles. The quantitative estimate of drug-likeness (QED) is 0.892. The average Bonchev–Trinajstić information content (AvgIpc) is 2.87. The number of rotatable bonds is 4. The average molecular weight is 255 g/mol. The lowest BCUT2D eigenvalue weighted by molar-refractivity contribution is -0.124. The van der Waals surface area contributed by atoms with E-state index in [1.165, 1.54) is 11.3 Å². The first-order valence-electron chi connectivity index (χ1n) is 5.90. The van der Waals surface area contributed by atoms with Gasteiger partial charge in [-0.25, -0.2) is 0 Å². The lowest BCUT2D eigenvalue weighted by Crippen LogP contribution is -2.26. The van der Waals surface area contributed by atoms with Crippen molar-refractivity contribution in [2.45, 2.75) is 39.2 Å². The van der Waals surface area contributed by atoms with Crippen LogP contribution in [0.3, 0.4) is 0 Å². The first-order chi connectivity index (χ1) is 8.15. The Kier molecular flexibility index (Phi) is 4.06. The zero-order valence-corrected chi connectivity index (χ0v) is 10.9. The number of aromatic nitrogens is 2. The summed E-state index contributed by atoms with van der Waals surface area (Å²) in [4.78, 5) is 11.7. The summed E-state index contributed by atoms with van der Waals surface area (Å²) in [5, 5.41) is 12.3. The van der Waals surface area contributed by atoms with Crippen LogP contribution in [-0.4, -0.2) is 28.8 Å². The number of nitrogens with zero attached hydrogens (tertiary/aromatic N) is 2. The van der Waals surface area contributed by atoms with E-state index in [4.69, 9.17) is 4.74 Å². The molecule has 2 rings (SSSR count). The molecule has 0 bridgehead atoms. The van der Waals surface area contributed by atoms with E-state index in [1.807, 2.05) is 0 Å². The van der Waals surface area contributed by atoms with Gasteiger partial charge >= 0.3 is 0 Å². The maximum absolute atomic E-state index is 11.7. The fraction of sp³-hybridized carbons (Fsp3) is 0.727. The van der Waals surface area contributed by atoms with Gasteiger partial charge in [-0.2, -0.15) is 0 Å². The second kappa shape index (κ2) is 5.55. The predicted octanol–water partition coefficient (Wildman–Crippen LogP) is 1.85. The van der Waals surface area contributed by atoms with Crippen molar-refractivity contribution in [1.82, 2.24) is 10.2 Å². The van der Waals surface area contributed by atoms with Crippen LogP contribution in [0.4, 0.5) is 5.13 Å². The minimum atomic E-state index is -0.313. The number of anilines is 1. The summed E-state index contributed by atoms with van der Waals surface area (Å²) in [6.07, 6.45) is 2.33. The Morgan fingerprint density at radius 2 is 2.41 bits per heavy atom. The Bertz CT molecular complexity index is 386. The van der Waals surface area contributed by atoms with E-state index in [0.29, 0.717) is 17.7 Å². The molecule has 1 aliphatic rings. The molecule has 1 atom stereocenters. The highest BCUT2D eigenvalue weighted by Gasteiger charge is 2.24. The third-order valence-corrected chi connectivity index (χ3v) is 3.36. The maximum atomic E-state index is 11.7. The Hall–Kier alpha value is -1.01. The summed E-state index contributed by atoms with van der Waals surface area (Å²) < 4.78 is 5.30. The highest BCUT2D eigenvalue weighted by molar-refractivity contribution is 7.15. The standard InChI is InChI=1S/C11H17N3O2S/c1-7(2)6-9-13-14-11(17-9)12-10(15)8-4-3-5-16-8/h7-8H,3-6H2,1-2H3,(H,12,14,15)/t8-/m1/s1. The van der Waals surface area contributed by atoms with Crippen molar-refractivity contribution >= 4 is 22.4 Å². The normalized spacial score (nSPS) is 19.8. The Labute approximate surface area is 105 Å². The molecule has 0 spiro atoms. The van der Waals surface area contributed by atoms with Gasteiger partial charge in [-0.1, -0.05) is 25.2 Å². The molecule has 1 aromatic rings. The Balaban J connectivity index is 1.89. The van der Waals surface area contributed by atoms with E-state index >= 15 is 0 Å². The molecule has 0 aromatic carbocycles. The monoisotopic (exact) mass is 255 g/mol. The number of amides is 1. The van der Waals surface area contributed by atoms with Gasteiger partial charge in [-0.15, -0.1) is 10.2 Å². The maximum Gasteiger partial charge on any atom is 0.255 e. The summed E-state index contributed by atoms with van der Waals surface area (Å²) in [7, 11) is 0. The van der Waals surface area contributed by atoms with E-state index in [0.717, 1.165) is 24.3 Å². The van der Waals surface area contributed by atoms with Gasteiger partial charge in [-0.05, 0) is 18.8 Å². The molecule has 1 N–H and O–H groups in total.